The molecule has 0 spiro atoms. The Morgan fingerprint density at radius 2 is 2.00 bits per heavy atom. The van der Waals surface area contributed by atoms with Crippen molar-refractivity contribution in [2.24, 2.45) is 5.41 Å². The molecule has 0 unspecified atom stereocenters. The van der Waals surface area contributed by atoms with Crippen molar-refractivity contribution in [2.75, 3.05) is 6.54 Å². The van der Waals surface area contributed by atoms with Crippen molar-refractivity contribution < 1.29 is 0 Å². The van der Waals surface area contributed by atoms with Gasteiger partial charge in [0.05, 0.1) is 5.69 Å². The maximum Gasteiger partial charge on any atom is 0.107 e. The molecule has 2 rings (SSSR count). The van der Waals surface area contributed by atoms with E-state index in [1.165, 1.54) is 54.2 Å². The van der Waals surface area contributed by atoms with Gasteiger partial charge in [-0.05, 0) is 38.5 Å². The number of nitrogens with one attached hydrogen (secondary N) is 1. The maximum atomic E-state index is 4.58. The first kappa shape index (κ1) is 13.0. The molecule has 1 fully saturated rings. The first-order valence-electron chi connectivity index (χ1n) is 6.79. The molecule has 0 radical (unpaired) electrons. The molecule has 0 atom stereocenters. The number of rotatable bonds is 5. The summed E-state index contributed by atoms with van der Waals surface area (Å²) in [7, 11) is 0. The third-order valence-electron chi connectivity index (χ3n) is 4.26. The van der Waals surface area contributed by atoms with Gasteiger partial charge in [-0.25, -0.2) is 4.98 Å². The molecular weight excluding hydrogens is 228 g/mol. The molecule has 1 N–H and O–H groups in total. The monoisotopic (exact) mass is 252 g/mol. The third kappa shape index (κ3) is 3.08. The Bertz CT molecular complexity index is 345. The molecule has 0 bridgehead atoms. The average Bonchev–Trinajstić information content (AvgIpc) is 2.89. The zero-order valence-electron chi connectivity index (χ0n) is 11.3. The second kappa shape index (κ2) is 5.49. The minimum absolute atomic E-state index is 0.585. The van der Waals surface area contributed by atoms with Crippen LogP contribution in [0.4, 0.5) is 0 Å². The van der Waals surface area contributed by atoms with Crippen molar-refractivity contribution in [1.82, 2.24) is 10.3 Å². The zero-order chi connectivity index (χ0) is 12.3. The number of nitrogens with zero attached hydrogens (tertiary/aromatic N) is 1. The molecule has 3 heteroatoms. The summed E-state index contributed by atoms with van der Waals surface area (Å²) in [6.45, 7) is 8.70. The summed E-state index contributed by atoms with van der Waals surface area (Å²) in [5, 5.41) is 4.86. The van der Waals surface area contributed by atoms with Crippen molar-refractivity contribution in [3.05, 3.63) is 15.6 Å². The van der Waals surface area contributed by atoms with Gasteiger partial charge in [-0.3, -0.25) is 0 Å². The second-order valence-corrected chi connectivity index (χ2v) is 6.70. The minimum atomic E-state index is 0.585. The quantitative estimate of drug-likeness (QED) is 0.861. The zero-order valence-corrected chi connectivity index (χ0v) is 12.1. The highest BCUT2D eigenvalue weighted by Crippen LogP contribution is 2.40. The molecule has 0 amide bonds. The summed E-state index contributed by atoms with van der Waals surface area (Å²) in [4.78, 5) is 5.93. The van der Waals surface area contributed by atoms with E-state index in [0.29, 0.717) is 5.41 Å². The van der Waals surface area contributed by atoms with Gasteiger partial charge in [0.2, 0.25) is 0 Å². The molecule has 1 aliphatic carbocycles. The first-order valence-corrected chi connectivity index (χ1v) is 7.60. The van der Waals surface area contributed by atoms with Crippen LogP contribution in [0, 0.1) is 19.3 Å². The van der Waals surface area contributed by atoms with Crippen molar-refractivity contribution in [3.8, 4) is 0 Å². The predicted molar refractivity (Wildman–Crippen MR) is 74.5 cm³/mol. The summed E-state index contributed by atoms with van der Waals surface area (Å²) in [6, 6.07) is 0. The fourth-order valence-corrected chi connectivity index (χ4v) is 3.73. The lowest BCUT2D eigenvalue weighted by Gasteiger charge is -2.27. The Morgan fingerprint density at radius 3 is 2.53 bits per heavy atom. The largest absolute Gasteiger partial charge is 0.310 e. The van der Waals surface area contributed by atoms with E-state index in [2.05, 4.69) is 31.1 Å². The molecule has 0 saturated heterocycles. The lowest BCUT2D eigenvalue weighted by molar-refractivity contribution is 0.268. The summed E-state index contributed by atoms with van der Waals surface area (Å²) in [5.41, 5.74) is 1.78. The van der Waals surface area contributed by atoms with E-state index in [-0.39, 0.29) is 0 Å². The van der Waals surface area contributed by atoms with Gasteiger partial charge in [0, 0.05) is 18.0 Å². The van der Waals surface area contributed by atoms with E-state index in [4.69, 9.17) is 0 Å². The van der Waals surface area contributed by atoms with Gasteiger partial charge in [0.25, 0.3) is 0 Å². The van der Waals surface area contributed by atoms with Gasteiger partial charge in [0.15, 0.2) is 0 Å². The van der Waals surface area contributed by atoms with Gasteiger partial charge in [0.1, 0.15) is 5.01 Å². The van der Waals surface area contributed by atoms with E-state index in [1.807, 2.05) is 11.3 Å². The highest BCUT2D eigenvalue weighted by molar-refractivity contribution is 7.11. The van der Waals surface area contributed by atoms with E-state index >= 15 is 0 Å². The Morgan fingerprint density at radius 1 is 1.29 bits per heavy atom. The van der Waals surface area contributed by atoms with Crippen molar-refractivity contribution in [2.45, 2.75) is 59.4 Å². The van der Waals surface area contributed by atoms with E-state index in [0.717, 1.165) is 6.54 Å². The van der Waals surface area contributed by atoms with Gasteiger partial charge in [-0.1, -0.05) is 19.8 Å². The molecule has 96 valence electrons. The number of thiazole rings is 1. The highest BCUT2D eigenvalue weighted by Gasteiger charge is 2.31. The standard InChI is InChI=1S/C14H24N2S/c1-4-14(7-5-6-8-14)10-15-9-13-16-11(2)12(3)17-13/h15H,4-10H2,1-3H3. The molecular formula is C14H24N2S. The van der Waals surface area contributed by atoms with Crippen LogP contribution < -0.4 is 5.32 Å². The smallest absolute Gasteiger partial charge is 0.107 e. The SMILES string of the molecule is CCC1(CNCc2nc(C)c(C)s2)CCCC1. The van der Waals surface area contributed by atoms with Crippen LogP contribution in [0.25, 0.3) is 0 Å². The number of aromatic nitrogens is 1. The predicted octanol–water partition coefficient (Wildman–Crippen LogP) is 3.82. The molecule has 0 aromatic carbocycles. The summed E-state index contributed by atoms with van der Waals surface area (Å²) < 4.78 is 0. The molecule has 1 aromatic rings. The molecule has 1 aliphatic rings. The van der Waals surface area contributed by atoms with Crippen LogP contribution in [0.1, 0.15) is 54.6 Å². The highest BCUT2D eigenvalue weighted by atomic mass is 32.1. The average molecular weight is 252 g/mol. The molecule has 1 saturated carbocycles. The van der Waals surface area contributed by atoms with Crippen molar-refractivity contribution in [1.29, 1.82) is 0 Å². The normalized spacial score (nSPS) is 18.8. The Hall–Kier alpha value is -0.410. The van der Waals surface area contributed by atoms with Gasteiger partial charge in [-0.2, -0.15) is 0 Å². The Balaban J connectivity index is 1.82. The van der Waals surface area contributed by atoms with E-state index < -0.39 is 0 Å². The first-order chi connectivity index (χ1) is 8.15. The van der Waals surface area contributed by atoms with Crippen LogP contribution in [-0.2, 0) is 6.54 Å². The fraction of sp³-hybridized carbons (Fsp3) is 0.786. The summed E-state index contributed by atoms with van der Waals surface area (Å²) >= 11 is 1.83. The second-order valence-electron chi connectivity index (χ2n) is 5.41. The van der Waals surface area contributed by atoms with Crippen LogP contribution in [-0.4, -0.2) is 11.5 Å². The van der Waals surface area contributed by atoms with E-state index in [1.54, 1.807) is 0 Å². The number of hydrogen-bond acceptors (Lipinski definition) is 3. The van der Waals surface area contributed by atoms with Crippen LogP contribution in [0.2, 0.25) is 0 Å². The lowest BCUT2D eigenvalue weighted by Crippen LogP contribution is -2.31. The fourth-order valence-electron chi connectivity index (χ4n) is 2.83. The molecule has 0 aliphatic heterocycles. The molecule has 1 heterocycles. The lowest BCUT2D eigenvalue weighted by atomic mass is 9.83. The Labute approximate surface area is 109 Å². The maximum absolute atomic E-state index is 4.58. The summed E-state index contributed by atoms with van der Waals surface area (Å²) in [6.07, 6.45) is 6.98. The molecule has 1 aromatic heterocycles. The van der Waals surface area contributed by atoms with Crippen molar-refractivity contribution in [3.63, 3.8) is 0 Å². The van der Waals surface area contributed by atoms with Crippen molar-refractivity contribution >= 4 is 11.3 Å². The molecule has 2 nitrogen and oxygen atoms in total. The topological polar surface area (TPSA) is 24.9 Å². The minimum Gasteiger partial charge on any atom is -0.310 e. The van der Waals surface area contributed by atoms with E-state index in [9.17, 15) is 0 Å². The van der Waals surface area contributed by atoms with Crippen LogP contribution in [0.3, 0.4) is 0 Å². The van der Waals surface area contributed by atoms with Crippen LogP contribution >= 0.6 is 11.3 Å². The third-order valence-corrected chi connectivity index (χ3v) is 5.34. The van der Waals surface area contributed by atoms with Gasteiger partial charge < -0.3 is 5.32 Å². The van der Waals surface area contributed by atoms with Crippen LogP contribution in [0.15, 0.2) is 0 Å². The molecule has 17 heavy (non-hydrogen) atoms. The number of aryl methyl sites for hydroxylation is 2. The Kier molecular flexibility index (Phi) is 4.21. The van der Waals surface area contributed by atoms with Gasteiger partial charge in [-0.15, -0.1) is 11.3 Å². The summed E-state index contributed by atoms with van der Waals surface area (Å²) in [5.74, 6) is 0. The number of hydrogen-bond donors (Lipinski definition) is 1. The van der Waals surface area contributed by atoms with Gasteiger partial charge >= 0.3 is 0 Å². The van der Waals surface area contributed by atoms with Crippen LogP contribution in [0.5, 0.6) is 0 Å².